The summed E-state index contributed by atoms with van der Waals surface area (Å²) < 4.78 is 0. The number of hydrogen-bond donors (Lipinski definition) is 1. The third-order valence-electron chi connectivity index (χ3n) is 5.94. The summed E-state index contributed by atoms with van der Waals surface area (Å²) in [4.78, 5) is 23.1. The standard InChI is InChI=1S/C24H24N2OS2/c1-14-10-11-19-20(12-14)29-24-21(19)23(27)25-22(26-24)15(2)28-13-17-8-5-7-16-6-3-4-9-18(16)17/h3-9,14-15H,10-13H2,1-2H3,(H,25,26,27)/t14-,15+/m1/s1. The highest BCUT2D eigenvalue weighted by Gasteiger charge is 2.23. The number of aromatic nitrogens is 2. The lowest BCUT2D eigenvalue weighted by Crippen LogP contribution is -2.15. The fraction of sp³-hybridized carbons (Fsp3) is 0.333. The number of H-pyrrole nitrogens is 1. The molecule has 0 radical (unpaired) electrons. The number of aryl methyl sites for hydroxylation is 1. The van der Waals surface area contributed by atoms with Crippen LogP contribution in [-0.2, 0) is 18.6 Å². The van der Waals surface area contributed by atoms with Crippen molar-refractivity contribution in [3.8, 4) is 0 Å². The van der Waals surface area contributed by atoms with Crippen molar-refractivity contribution in [1.82, 2.24) is 9.97 Å². The van der Waals surface area contributed by atoms with Crippen LogP contribution in [0.3, 0.4) is 0 Å². The molecule has 5 heteroatoms. The number of nitrogens with one attached hydrogen (secondary N) is 1. The molecular formula is C24H24N2OS2. The largest absolute Gasteiger partial charge is 0.309 e. The summed E-state index contributed by atoms with van der Waals surface area (Å²) in [5, 5.41) is 3.53. The van der Waals surface area contributed by atoms with Crippen LogP contribution in [0, 0.1) is 5.92 Å². The molecule has 0 fully saturated rings. The summed E-state index contributed by atoms with van der Waals surface area (Å²) in [6.45, 7) is 4.43. The fourth-order valence-corrected chi connectivity index (χ4v) is 6.61. The van der Waals surface area contributed by atoms with Gasteiger partial charge in [0.2, 0.25) is 0 Å². The SMILES string of the molecule is C[C@@H]1CCc2c(sc3nc([C@H](C)SCc4cccc5ccccc45)[nH]c(=O)c23)C1. The Morgan fingerprint density at radius 1 is 1.24 bits per heavy atom. The third-order valence-corrected chi connectivity index (χ3v) is 8.29. The molecule has 0 aliphatic heterocycles. The highest BCUT2D eigenvalue weighted by molar-refractivity contribution is 7.98. The van der Waals surface area contributed by atoms with Crippen LogP contribution < -0.4 is 5.56 Å². The Bertz CT molecular complexity index is 1250. The van der Waals surface area contributed by atoms with E-state index in [0.29, 0.717) is 5.92 Å². The van der Waals surface area contributed by atoms with Crippen molar-refractivity contribution in [3.63, 3.8) is 0 Å². The summed E-state index contributed by atoms with van der Waals surface area (Å²) in [5.41, 5.74) is 2.61. The van der Waals surface area contributed by atoms with Crippen molar-refractivity contribution in [3.05, 3.63) is 74.6 Å². The molecule has 5 rings (SSSR count). The van der Waals surface area contributed by atoms with Gasteiger partial charge in [0.05, 0.1) is 10.6 Å². The quantitative estimate of drug-likeness (QED) is 0.424. The molecule has 148 valence electrons. The number of fused-ring (bicyclic) bond motifs is 4. The van der Waals surface area contributed by atoms with Gasteiger partial charge in [0.25, 0.3) is 5.56 Å². The predicted octanol–water partition coefficient (Wildman–Crippen LogP) is 6.26. The first-order valence-electron chi connectivity index (χ1n) is 10.2. The van der Waals surface area contributed by atoms with Crippen molar-refractivity contribution in [2.24, 2.45) is 5.92 Å². The number of rotatable bonds is 4. The number of thiophene rings is 1. The van der Waals surface area contributed by atoms with Gasteiger partial charge in [0.1, 0.15) is 10.7 Å². The van der Waals surface area contributed by atoms with Gasteiger partial charge in [-0.3, -0.25) is 4.79 Å². The smallest absolute Gasteiger partial charge is 0.259 e. The van der Waals surface area contributed by atoms with Gasteiger partial charge in [0.15, 0.2) is 0 Å². The van der Waals surface area contributed by atoms with Crippen molar-refractivity contribution in [2.45, 2.75) is 44.1 Å². The van der Waals surface area contributed by atoms with E-state index in [1.54, 1.807) is 11.3 Å². The minimum absolute atomic E-state index is 0.0367. The molecule has 2 heterocycles. The topological polar surface area (TPSA) is 45.8 Å². The number of benzene rings is 2. The average molecular weight is 421 g/mol. The van der Waals surface area contributed by atoms with Crippen molar-refractivity contribution < 1.29 is 0 Å². The molecule has 0 bridgehead atoms. The zero-order valence-corrected chi connectivity index (χ0v) is 18.3. The lowest BCUT2D eigenvalue weighted by atomic mass is 9.89. The zero-order valence-electron chi connectivity index (χ0n) is 16.7. The van der Waals surface area contributed by atoms with Crippen LogP contribution in [0.4, 0.5) is 0 Å². The van der Waals surface area contributed by atoms with E-state index in [2.05, 4.69) is 61.3 Å². The first kappa shape index (κ1) is 18.9. The number of thioether (sulfide) groups is 1. The Hall–Kier alpha value is -2.11. The molecule has 2 aromatic heterocycles. The molecule has 29 heavy (non-hydrogen) atoms. The minimum atomic E-state index is 0.0367. The molecule has 0 spiro atoms. The maximum atomic E-state index is 12.9. The maximum Gasteiger partial charge on any atom is 0.259 e. The molecule has 4 aromatic rings. The third kappa shape index (κ3) is 3.51. The van der Waals surface area contributed by atoms with E-state index in [9.17, 15) is 4.79 Å². The van der Waals surface area contributed by atoms with Crippen LogP contribution in [0.25, 0.3) is 21.0 Å². The molecule has 0 saturated heterocycles. The molecule has 2 aromatic carbocycles. The van der Waals surface area contributed by atoms with Crippen LogP contribution in [0.1, 0.15) is 47.3 Å². The van der Waals surface area contributed by atoms with E-state index in [1.807, 2.05) is 11.8 Å². The maximum absolute atomic E-state index is 12.9. The summed E-state index contributed by atoms with van der Waals surface area (Å²) in [6.07, 6.45) is 3.25. The van der Waals surface area contributed by atoms with Gasteiger partial charge in [0, 0.05) is 10.6 Å². The molecule has 1 aliphatic carbocycles. The fourth-order valence-electron chi connectivity index (χ4n) is 4.27. The second-order valence-corrected chi connectivity index (χ2v) is 10.5. The van der Waals surface area contributed by atoms with Crippen LogP contribution in [0.2, 0.25) is 0 Å². The lowest BCUT2D eigenvalue weighted by molar-refractivity contribution is 0.509. The van der Waals surface area contributed by atoms with Crippen LogP contribution >= 0.6 is 23.1 Å². The minimum Gasteiger partial charge on any atom is -0.309 e. The van der Waals surface area contributed by atoms with Gasteiger partial charge in [-0.2, -0.15) is 0 Å². The molecule has 1 N–H and O–H groups in total. The van der Waals surface area contributed by atoms with Crippen molar-refractivity contribution >= 4 is 44.1 Å². The lowest BCUT2D eigenvalue weighted by Gasteiger charge is -2.17. The molecule has 2 atom stereocenters. The van der Waals surface area contributed by atoms with E-state index >= 15 is 0 Å². The molecule has 0 amide bonds. The highest BCUT2D eigenvalue weighted by Crippen LogP contribution is 2.37. The molecule has 3 nitrogen and oxygen atoms in total. The molecule has 0 saturated carbocycles. The molecule has 0 unspecified atom stereocenters. The van der Waals surface area contributed by atoms with Gasteiger partial charge in [-0.25, -0.2) is 4.98 Å². The van der Waals surface area contributed by atoms with E-state index in [-0.39, 0.29) is 10.8 Å². The number of hydrogen-bond acceptors (Lipinski definition) is 4. The normalized spacial score (nSPS) is 17.5. The number of nitrogens with zero attached hydrogens (tertiary/aromatic N) is 1. The van der Waals surface area contributed by atoms with Gasteiger partial charge >= 0.3 is 0 Å². The van der Waals surface area contributed by atoms with E-state index < -0.39 is 0 Å². The molecule has 1 aliphatic rings. The van der Waals surface area contributed by atoms with Gasteiger partial charge in [-0.15, -0.1) is 23.1 Å². The first-order chi connectivity index (χ1) is 14.1. The van der Waals surface area contributed by atoms with Gasteiger partial charge in [-0.05, 0) is 54.0 Å². The second-order valence-electron chi connectivity index (χ2n) is 8.07. The Labute approximate surface area is 178 Å². The second kappa shape index (κ2) is 7.62. The Kier molecular flexibility index (Phi) is 4.96. The number of aromatic amines is 1. The zero-order chi connectivity index (χ0) is 20.0. The highest BCUT2D eigenvalue weighted by atomic mass is 32.2. The van der Waals surface area contributed by atoms with E-state index in [0.717, 1.165) is 41.1 Å². The summed E-state index contributed by atoms with van der Waals surface area (Å²) in [5.74, 6) is 2.38. The van der Waals surface area contributed by atoms with Crippen molar-refractivity contribution in [2.75, 3.05) is 0 Å². The van der Waals surface area contributed by atoms with Crippen LogP contribution in [0.5, 0.6) is 0 Å². The van der Waals surface area contributed by atoms with E-state index in [1.165, 1.54) is 26.8 Å². The molecular weight excluding hydrogens is 396 g/mol. The van der Waals surface area contributed by atoms with Crippen molar-refractivity contribution in [1.29, 1.82) is 0 Å². The predicted molar refractivity (Wildman–Crippen MR) is 125 cm³/mol. The van der Waals surface area contributed by atoms with Crippen LogP contribution in [-0.4, -0.2) is 9.97 Å². The summed E-state index contributed by atoms with van der Waals surface area (Å²) in [7, 11) is 0. The summed E-state index contributed by atoms with van der Waals surface area (Å²) in [6, 6.07) is 15.0. The average Bonchev–Trinajstić information content (AvgIpc) is 3.09. The summed E-state index contributed by atoms with van der Waals surface area (Å²) >= 11 is 3.55. The Balaban J connectivity index is 1.42. The first-order valence-corrected chi connectivity index (χ1v) is 12.1. The van der Waals surface area contributed by atoms with Gasteiger partial charge in [-0.1, -0.05) is 49.4 Å². The Morgan fingerprint density at radius 2 is 2.07 bits per heavy atom. The van der Waals surface area contributed by atoms with Gasteiger partial charge < -0.3 is 4.98 Å². The van der Waals surface area contributed by atoms with E-state index in [4.69, 9.17) is 4.98 Å². The monoisotopic (exact) mass is 420 g/mol. The van der Waals surface area contributed by atoms with Crippen LogP contribution in [0.15, 0.2) is 47.3 Å². The Morgan fingerprint density at radius 3 is 2.97 bits per heavy atom.